The molecule has 4 heteroatoms. The van der Waals surface area contributed by atoms with Gasteiger partial charge in [0.05, 0.1) is 23.6 Å². The number of benzene rings is 2. The van der Waals surface area contributed by atoms with Gasteiger partial charge in [-0.1, -0.05) is 36.4 Å². The van der Waals surface area contributed by atoms with E-state index in [0.29, 0.717) is 18.1 Å². The molecule has 0 aliphatic carbocycles. The van der Waals surface area contributed by atoms with Crippen molar-refractivity contribution in [3.05, 3.63) is 76.6 Å². The topological polar surface area (TPSA) is 16.3 Å². The van der Waals surface area contributed by atoms with Crippen LogP contribution in [0, 0.1) is 0 Å². The summed E-state index contributed by atoms with van der Waals surface area (Å²) in [5.74, 6) is 0. The minimum Gasteiger partial charge on any atom is -0.335 e. The molecule has 1 unspecified atom stereocenters. The van der Waals surface area contributed by atoms with Gasteiger partial charge in [-0.2, -0.15) is 0 Å². The van der Waals surface area contributed by atoms with E-state index in [4.69, 9.17) is 0 Å². The van der Waals surface area contributed by atoms with Gasteiger partial charge in [0.15, 0.2) is 0 Å². The Morgan fingerprint density at radius 3 is 2.09 bits per heavy atom. The van der Waals surface area contributed by atoms with Crippen LogP contribution < -0.4 is 0 Å². The Morgan fingerprint density at radius 1 is 0.676 bits per heavy atom. The van der Waals surface area contributed by atoms with Crippen molar-refractivity contribution in [3.8, 4) is 0 Å². The molecule has 0 radical (unpaired) electrons. The fourth-order valence-corrected chi connectivity index (χ4v) is 7.80. The molecule has 34 heavy (non-hydrogen) atoms. The Kier molecular flexibility index (Phi) is 3.93. The molecule has 0 saturated carbocycles. The van der Waals surface area contributed by atoms with Crippen LogP contribution in [-0.2, 0) is 12.8 Å². The van der Waals surface area contributed by atoms with Crippen molar-refractivity contribution in [2.75, 3.05) is 27.2 Å². The van der Waals surface area contributed by atoms with Crippen molar-refractivity contribution in [1.82, 2.24) is 18.9 Å². The van der Waals surface area contributed by atoms with E-state index in [-0.39, 0.29) is 0 Å². The summed E-state index contributed by atoms with van der Waals surface area (Å²) in [6.45, 7) is 2.33. The highest BCUT2D eigenvalue weighted by Crippen LogP contribution is 2.51. The second kappa shape index (κ2) is 6.87. The van der Waals surface area contributed by atoms with Crippen LogP contribution in [-0.4, -0.2) is 46.1 Å². The molecule has 2 aromatic carbocycles. The summed E-state index contributed by atoms with van der Waals surface area (Å²) >= 11 is 0. The molecule has 0 saturated heterocycles. The monoisotopic (exact) mass is 448 g/mol. The molecule has 8 rings (SSSR count). The molecule has 0 amide bonds. The minimum atomic E-state index is 0.449. The molecule has 2 aromatic heterocycles. The zero-order valence-electron chi connectivity index (χ0n) is 20.2. The van der Waals surface area contributed by atoms with Crippen molar-refractivity contribution in [3.63, 3.8) is 0 Å². The van der Waals surface area contributed by atoms with Crippen molar-refractivity contribution < 1.29 is 0 Å². The molecule has 0 spiro atoms. The zero-order chi connectivity index (χ0) is 22.6. The Labute approximate surface area is 201 Å². The molecule has 4 aromatic rings. The van der Waals surface area contributed by atoms with Crippen molar-refractivity contribution in [1.29, 1.82) is 0 Å². The van der Waals surface area contributed by atoms with Crippen LogP contribution in [0.2, 0.25) is 0 Å². The smallest absolute Gasteiger partial charge is 0.0567 e. The van der Waals surface area contributed by atoms with Crippen molar-refractivity contribution >= 4 is 28.0 Å². The lowest BCUT2D eigenvalue weighted by Crippen LogP contribution is -2.39. The Hall–Kier alpha value is -2.82. The highest BCUT2D eigenvalue weighted by molar-refractivity contribution is 5.89. The van der Waals surface area contributed by atoms with Gasteiger partial charge in [0.25, 0.3) is 0 Å². The normalized spacial score (nSPS) is 26.5. The van der Waals surface area contributed by atoms with Crippen LogP contribution in [0.25, 0.3) is 28.0 Å². The highest BCUT2D eigenvalue weighted by Gasteiger charge is 2.41. The first-order valence-electron chi connectivity index (χ1n) is 13.0. The van der Waals surface area contributed by atoms with Gasteiger partial charge in [-0.3, -0.25) is 9.80 Å². The van der Waals surface area contributed by atoms with Crippen LogP contribution >= 0.6 is 0 Å². The van der Waals surface area contributed by atoms with Crippen molar-refractivity contribution in [2.24, 2.45) is 0 Å². The van der Waals surface area contributed by atoms with E-state index in [1.807, 2.05) is 0 Å². The molecule has 4 nitrogen and oxygen atoms in total. The average Bonchev–Trinajstić information content (AvgIpc) is 3.38. The summed E-state index contributed by atoms with van der Waals surface area (Å²) in [7, 11) is 4.66. The van der Waals surface area contributed by atoms with Crippen LogP contribution in [0.3, 0.4) is 0 Å². The first-order valence-corrected chi connectivity index (χ1v) is 13.0. The quantitative estimate of drug-likeness (QED) is 0.359. The minimum absolute atomic E-state index is 0.449. The molecule has 172 valence electrons. The molecular weight excluding hydrogens is 416 g/mol. The van der Waals surface area contributed by atoms with Crippen LogP contribution in [0.4, 0.5) is 0 Å². The first kappa shape index (κ1) is 19.5. The SMILES string of the molecule is CN1CCc2c3n(c4ccccc24)C=C([C@H]2CC[C@H]4c5c(c6ccccc6n52)CCN4C)CC31. The second-order valence-electron chi connectivity index (χ2n) is 11.0. The van der Waals surface area contributed by atoms with Gasteiger partial charge >= 0.3 is 0 Å². The largest absolute Gasteiger partial charge is 0.335 e. The number of hydrogen-bond acceptors (Lipinski definition) is 2. The number of hydrogen-bond donors (Lipinski definition) is 0. The number of rotatable bonds is 1. The summed E-state index contributed by atoms with van der Waals surface area (Å²) in [6, 6.07) is 19.7. The predicted octanol–water partition coefficient (Wildman–Crippen LogP) is 5.93. The van der Waals surface area contributed by atoms with Crippen molar-refractivity contribution in [2.45, 2.75) is 50.2 Å². The van der Waals surface area contributed by atoms with E-state index >= 15 is 0 Å². The molecule has 4 aliphatic rings. The summed E-state index contributed by atoms with van der Waals surface area (Å²) in [4.78, 5) is 5.20. The van der Waals surface area contributed by atoms with Gasteiger partial charge in [-0.05, 0) is 75.0 Å². The molecule has 0 fully saturated rings. The third-order valence-corrected chi connectivity index (χ3v) is 9.42. The van der Waals surface area contributed by atoms with Gasteiger partial charge in [-0.15, -0.1) is 0 Å². The molecule has 3 atom stereocenters. The van der Waals surface area contributed by atoms with Gasteiger partial charge < -0.3 is 9.13 Å². The summed E-state index contributed by atoms with van der Waals surface area (Å²) < 4.78 is 5.33. The molecule has 6 heterocycles. The number of likely N-dealkylation sites (N-methyl/N-ethyl adjacent to an activating group) is 2. The lowest BCUT2D eigenvalue weighted by Gasteiger charge is -2.43. The lowest BCUT2D eigenvalue weighted by molar-refractivity contribution is 0.175. The van der Waals surface area contributed by atoms with E-state index in [1.165, 1.54) is 47.6 Å². The fraction of sp³-hybridized carbons (Fsp3) is 0.400. The number of aromatic nitrogens is 2. The maximum atomic E-state index is 2.76. The van der Waals surface area contributed by atoms with E-state index in [0.717, 1.165) is 19.4 Å². The number of fused-ring (bicyclic) bond motifs is 6. The summed E-state index contributed by atoms with van der Waals surface area (Å²) in [6.07, 6.45) is 8.49. The van der Waals surface area contributed by atoms with Crippen LogP contribution in [0.15, 0.2) is 54.1 Å². The second-order valence-corrected chi connectivity index (χ2v) is 11.0. The van der Waals surface area contributed by atoms with Crippen LogP contribution in [0.5, 0.6) is 0 Å². The molecule has 0 N–H and O–H groups in total. The third-order valence-electron chi connectivity index (χ3n) is 9.42. The van der Waals surface area contributed by atoms with E-state index in [9.17, 15) is 0 Å². The first-order chi connectivity index (χ1) is 16.7. The fourth-order valence-electron chi connectivity index (χ4n) is 7.80. The zero-order valence-corrected chi connectivity index (χ0v) is 20.2. The number of nitrogens with zero attached hydrogens (tertiary/aromatic N) is 4. The van der Waals surface area contributed by atoms with E-state index in [1.54, 1.807) is 28.1 Å². The van der Waals surface area contributed by atoms with Crippen LogP contribution in [0.1, 0.15) is 59.9 Å². The predicted molar refractivity (Wildman–Crippen MR) is 139 cm³/mol. The third kappa shape index (κ3) is 2.40. The molecular formula is C30H32N4. The summed E-state index contributed by atoms with van der Waals surface area (Å²) in [5, 5.41) is 2.95. The summed E-state index contributed by atoms with van der Waals surface area (Å²) in [5.41, 5.74) is 10.8. The standard InChI is InChI=1S/C30H32N4/c1-31-15-14-23-21-8-4-6-10-26(21)34-24(11-12-27(31)30(23)34)19-17-28-29-22(13-16-32(28)2)20-7-3-5-9-25(20)33(29)18-19/h3-10,18,24,27-28H,11-17H2,1-2H3/t24-,27+,28?/m1/s1. The number of para-hydroxylation sites is 2. The Balaban J connectivity index is 1.37. The maximum Gasteiger partial charge on any atom is 0.0567 e. The van der Waals surface area contributed by atoms with Gasteiger partial charge in [0.2, 0.25) is 0 Å². The van der Waals surface area contributed by atoms with Gasteiger partial charge in [0.1, 0.15) is 0 Å². The Morgan fingerprint density at radius 2 is 1.29 bits per heavy atom. The Bertz CT molecular complexity index is 1500. The van der Waals surface area contributed by atoms with E-state index in [2.05, 4.69) is 87.8 Å². The van der Waals surface area contributed by atoms with E-state index < -0.39 is 0 Å². The molecule has 0 bridgehead atoms. The average molecular weight is 449 g/mol. The lowest BCUT2D eigenvalue weighted by atomic mass is 9.84. The van der Waals surface area contributed by atoms with Gasteiger partial charge in [-0.25, -0.2) is 0 Å². The van der Waals surface area contributed by atoms with Gasteiger partial charge in [0, 0.05) is 47.0 Å². The highest BCUT2D eigenvalue weighted by atomic mass is 15.2. The molecule has 4 aliphatic heterocycles. The maximum absolute atomic E-state index is 2.76.